The van der Waals surface area contributed by atoms with E-state index in [4.69, 9.17) is 9.47 Å². The van der Waals surface area contributed by atoms with E-state index in [1.54, 1.807) is 12.1 Å². The molecule has 0 aliphatic rings. The Morgan fingerprint density at radius 2 is 1.87 bits per heavy atom. The molecule has 0 fully saturated rings. The highest BCUT2D eigenvalue weighted by molar-refractivity contribution is 5.74. The molecule has 0 saturated heterocycles. The second-order valence-corrected chi connectivity index (χ2v) is 4.74. The van der Waals surface area contributed by atoms with Gasteiger partial charge in [-0.2, -0.15) is 13.2 Å². The lowest BCUT2D eigenvalue weighted by Crippen LogP contribution is -2.26. The molecule has 0 aliphatic carbocycles. The average Bonchev–Trinajstić information content (AvgIpc) is 2.53. The molecule has 0 radical (unpaired) electrons. The molecule has 2 aromatic rings. The van der Waals surface area contributed by atoms with Gasteiger partial charge >= 0.3 is 12.1 Å². The lowest BCUT2D eigenvalue weighted by molar-refractivity contribution is -0.152. The van der Waals surface area contributed by atoms with Gasteiger partial charge in [0.2, 0.25) is 5.88 Å². The first-order valence-corrected chi connectivity index (χ1v) is 6.77. The van der Waals surface area contributed by atoms with E-state index in [1.807, 2.05) is 18.2 Å². The number of pyridine rings is 1. The number of carbonyl (C=O) groups excluding carboxylic acids is 1. The normalized spacial score (nSPS) is 12.5. The highest BCUT2D eigenvalue weighted by atomic mass is 19.4. The van der Waals surface area contributed by atoms with Crippen LogP contribution in [-0.2, 0) is 22.3 Å². The zero-order chi connectivity index (χ0) is 16.9. The summed E-state index contributed by atoms with van der Waals surface area (Å²) in [6.07, 6.45) is -4.80. The van der Waals surface area contributed by atoms with Crippen LogP contribution in [0.2, 0.25) is 0 Å². The largest absolute Gasteiger partial charge is 0.463 e. The second kappa shape index (κ2) is 7.13. The first-order chi connectivity index (χ1) is 10.9. The fourth-order valence-corrected chi connectivity index (χ4v) is 1.69. The molecular weight excluding hydrogens is 311 g/mol. The molecule has 0 bridgehead atoms. The molecule has 122 valence electrons. The van der Waals surface area contributed by atoms with Crippen LogP contribution in [0.3, 0.4) is 0 Å². The quantitative estimate of drug-likeness (QED) is 0.788. The van der Waals surface area contributed by atoms with Crippen LogP contribution in [0.1, 0.15) is 18.1 Å². The van der Waals surface area contributed by atoms with E-state index < -0.39 is 23.8 Å². The zero-order valence-corrected chi connectivity index (χ0v) is 12.2. The fourth-order valence-electron chi connectivity index (χ4n) is 1.69. The molecule has 0 spiro atoms. The number of aromatic nitrogens is 1. The van der Waals surface area contributed by atoms with Crippen LogP contribution in [0, 0.1) is 0 Å². The Balaban J connectivity index is 1.88. The number of carbonyl (C=O) groups is 1. The maximum absolute atomic E-state index is 12.4. The second-order valence-electron chi connectivity index (χ2n) is 4.74. The van der Waals surface area contributed by atoms with Gasteiger partial charge in [-0.15, -0.1) is 0 Å². The Hall–Kier alpha value is -2.57. The summed E-state index contributed by atoms with van der Waals surface area (Å²) in [4.78, 5) is 15.3. The molecule has 7 heteroatoms. The smallest absolute Gasteiger partial charge is 0.417 e. The van der Waals surface area contributed by atoms with Crippen LogP contribution >= 0.6 is 0 Å². The zero-order valence-electron chi connectivity index (χ0n) is 12.2. The van der Waals surface area contributed by atoms with Gasteiger partial charge in [-0.05, 0) is 18.6 Å². The van der Waals surface area contributed by atoms with Crippen molar-refractivity contribution in [3.05, 3.63) is 59.8 Å². The number of esters is 1. The van der Waals surface area contributed by atoms with Crippen LogP contribution in [0.4, 0.5) is 13.2 Å². The highest BCUT2D eigenvalue weighted by Crippen LogP contribution is 2.29. The van der Waals surface area contributed by atoms with E-state index in [0.29, 0.717) is 6.20 Å². The minimum atomic E-state index is -4.47. The highest BCUT2D eigenvalue weighted by Gasteiger charge is 2.30. The van der Waals surface area contributed by atoms with Crippen LogP contribution in [-0.4, -0.2) is 17.1 Å². The van der Waals surface area contributed by atoms with Gasteiger partial charge in [0.25, 0.3) is 0 Å². The van der Waals surface area contributed by atoms with Gasteiger partial charge in [0.15, 0.2) is 6.10 Å². The topological polar surface area (TPSA) is 48.4 Å². The van der Waals surface area contributed by atoms with Crippen LogP contribution in [0.5, 0.6) is 5.88 Å². The van der Waals surface area contributed by atoms with Crippen LogP contribution in [0.15, 0.2) is 48.7 Å². The minimum absolute atomic E-state index is 0.0813. The summed E-state index contributed by atoms with van der Waals surface area (Å²) in [5.74, 6) is -0.710. The van der Waals surface area contributed by atoms with Crippen molar-refractivity contribution < 1.29 is 27.4 Å². The molecule has 0 unspecified atom stereocenters. The van der Waals surface area contributed by atoms with Crippen molar-refractivity contribution in [1.29, 1.82) is 0 Å². The Morgan fingerprint density at radius 1 is 1.17 bits per heavy atom. The Labute approximate surface area is 130 Å². The number of nitrogens with zero attached hydrogens (tertiary/aromatic N) is 1. The number of benzene rings is 1. The summed E-state index contributed by atoms with van der Waals surface area (Å²) in [6.45, 7) is 1.53. The van der Waals surface area contributed by atoms with Crippen molar-refractivity contribution in [3.8, 4) is 5.88 Å². The SMILES string of the molecule is C[C@@H](Oc1ccc(C(F)(F)F)cn1)C(=O)OCc1ccccc1. The molecule has 4 nitrogen and oxygen atoms in total. The molecule has 1 aromatic heterocycles. The third-order valence-electron chi connectivity index (χ3n) is 2.92. The van der Waals surface area contributed by atoms with Gasteiger partial charge in [-0.3, -0.25) is 0 Å². The predicted molar refractivity (Wildman–Crippen MR) is 75.6 cm³/mol. The molecule has 0 saturated carbocycles. The lowest BCUT2D eigenvalue weighted by atomic mass is 10.2. The number of halogens is 3. The maximum atomic E-state index is 12.4. The monoisotopic (exact) mass is 325 g/mol. The van der Waals surface area contributed by atoms with Crippen molar-refractivity contribution in [2.45, 2.75) is 25.8 Å². The molecule has 2 rings (SSSR count). The maximum Gasteiger partial charge on any atom is 0.417 e. The Bertz CT molecular complexity index is 642. The first kappa shape index (κ1) is 16.8. The van der Waals surface area contributed by atoms with Crippen molar-refractivity contribution in [3.63, 3.8) is 0 Å². The van der Waals surface area contributed by atoms with Crippen LogP contribution in [0.25, 0.3) is 0 Å². The molecule has 0 amide bonds. The van der Waals surface area contributed by atoms with E-state index in [-0.39, 0.29) is 12.5 Å². The first-order valence-electron chi connectivity index (χ1n) is 6.77. The third kappa shape index (κ3) is 4.98. The van der Waals surface area contributed by atoms with Crippen molar-refractivity contribution in [2.24, 2.45) is 0 Å². The van der Waals surface area contributed by atoms with E-state index >= 15 is 0 Å². The molecule has 23 heavy (non-hydrogen) atoms. The number of alkyl halides is 3. The van der Waals surface area contributed by atoms with Gasteiger partial charge in [0.05, 0.1) is 5.56 Å². The Kier molecular flexibility index (Phi) is 5.20. The lowest BCUT2D eigenvalue weighted by Gasteiger charge is -2.14. The van der Waals surface area contributed by atoms with Crippen LogP contribution < -0.4 is 4.74 Å². The van der Waals surface area contributed by atoms with Gasteiger partial charge in [0.1, 0.15) is 6.61 Å². The minimum Gasteiger partial charge on any atom is -0.463 e. The number of hydrogen-bond acceptors (Lipinski definition) is 4. The van der Waals surface area contributed by atoms with E-state index in [9.17, 15) is 18.0 Å². The molecule has 1 atom stereocenters. The van der Waals surface area contributed by atoms with E-state index in [0.717, 1.165) is 17.7 Å². The van der Waals surface area contributed by atoms with E-state index in [2.05, 4.69) is 4.98 Å². The van der Waals surface area contributed by atoms with Gasteiger partial charge in [-0.25, -0.2) is 9.78 Å². The number of rotatable bonds is 5. The summed E-state index contributed by atoms with van der Waals surface area (Å²) in [6, 6.07) is 11.0. The molecule has 0 N–H and O–H groups in total. The summed E-state index contributed by atoms with van der Waals surface area (Å²) in [5, 5.41) is 0. The number of hydrogen-bond donors (Lipinski definition) is 0. The van der Waals surface area contributed by atoms with Gasteiger partial charge < -0.3 is 9.47 Å². The van der Waals surface area contributed by atoms with Gasteiger partial charge in [-0.1, -0.05) is 30.3 Å². The third-order valence-corrected chi connectivity index (χ3v) is 2.92. The molecular formula is C16H14F3NO3. The Morgan fingerprint density at radius 3 is 2.43 bits per heavy atom. The average molecular weight is 325 g/mol. The molecule has 0 aliphatic heterocycles. The summed E-state index contributed by atoms with van der Waals surface area (Å²) in [7, 11) is 0. The van der Waals surface area contributed by atoms with E-state index in [1.165, 1.54) is 6.92 Å². The predicted octanol–water partition coefficient (Wildman–Crippen LogP) is 3.61. The van der Waals surface area contributed by atoms with Crippen molar-refractivity contribution in [1.82, 2.24) is 4.98 Å². The summed E-state index contributed by atoms with van der Waals surface area (Å²) in [5.41, 5.74) is -0.0649. The standard InChI is InChI=1S/C16H14F3NO3/c1-11(15(21)22-10-12-5-3-2-4-6-12)23-14-8-7-13(9-20-14)16(17,18)19/h2-9,11H,10H2,1H3/t11-/m1/s1. The van der Waals surface area contributed by atoms with Crippen molar-refractivity contribution in [2.75, 3.05) is 0 Å². The fraction of sp³-hybridized carbons (Fsp3) is 0.250. The van der Waals surface area contributed by atoms with Crippen molar-refractivity contribution >= 4 is 5.97 Å². The summed E-state index contributed by atoms with van der Waals surface area (Å²) < 4.78 is 47.5. The molecule has 1 heterocycles. The van der Waals surface area contributed by atoms with Gasteiger partial charge in [0, 0.05) is 12.3 Å². The molecule has 1 aromatic carbocycles. The number of ether oxygens (including phenoxy) is 2. The summed E-state index contributed by atoms with van der Waals surface area (Å²) >= 11 is 0.